The summed E-state index contributed by atoms with van der Waals surface area (Å²) < 4.78 is 5.89. The van der Waals surface area contributed by atoms with E-state index in [1.54, 1.807) is 0 Å². The molecule has 18 heavy (non-hydrogen) atoms. The zero-order chi connectivity index (χ0) is 13.0. The molecule has 1 amide bonds. The average molecular weight is 254 g/mol. The average Bonchev–Trinajstić information content (AvgIpc) is 2.70. The molecular weight excluding hydrogens is 228 g/mol. The number of piperidine rings is 1. The molecule has 2 rings (SSSR count). The fourth-order valence-corrected chi connectivity index (χ4v) is 2.82. The molecule has 4 nitrogen and oxygen atoms in total. The number of hydrogen-bond donors (Lipinski definition) is 1. The van der Waals surface area contributed by atoms with Gasteiger partial charge in [0.25, 0.3) is 0 Å². The van der Waals surface area contributed by atoms with Gasteiger partial charge in [0.05, 0.1) is 18.2 Å². The van der Waals surface area contributed by atoms with Crippen LogP contribution >= 0.6 is 0 Å². The molecule has 0 aromatic heterocycles. The van der Waals surface area contributed by atoms with Crippen LogP contribution in [0.1, 0.15) is 46.0 Å². The third-order valence-electron chi connectivity index (χ3n) is 3.91. The standard InChI is InChI=1S/C14H26N2O2/c1-14(2)7-6-12(18-14)10-15-11-13(17)16-8-4-3-5-9-16/h12,15H,3-11H2,1-2H3. The van der Waals surface area contributed by atoms with Crippen LogP contribution in [-0.4, -0.2) is 48.7 Å². The van der Waals surface area contributed by atoms with Crippen LogP contribution in [0.25, 0.3) is 0 Å². The number of ether oxygens (including phenoxy) is 1. The molecular formula is C14H26N2O2. The van der Waals surface area contributed by atoms with Crippen LogP contribution in [0.2, 0.25) is 0 Å². The maximum Gasteiger partial charge on any atom is 0.236 e. The molecule has 0 spiro atoms. The molecule has 0 bridgehead atoms. The van der Waals surface area contributed by atoms with E-state index in [0.717, 1.165) is 45.3 Å². The largest absolute Gasteiger partial charge is 0.371 e. The fourth-order valence-electron chi connectivity index (χ4n) is 2.82. The summed E-state index contributed by atoms with van der Waals surface area (Å²) in [5.74, 6) is 0.243. The van der Waals surface area contributed by atoms with Gasteiger partial charge in [0.2, 0.25) is 5.91 Å². The highest BCUT2D eigenvalue weighted by atomic mass is 16.5. The van der Waals surface area contributed by atoms with Crippen molar-refractivity contribution in [2.75, 3.05) is 26.2 Å². The van der Waals surface area contributed by atoms with E-state index >= 15 is 0 Å². The summed E-state index contributed by atoms with van der Waals surface area (Å²) in [5.41, 5.74) is 0.0171. The molecule has 104 valence electrons. The van der Waals surface area contributed by atoms with Crippen molar-refractivity contribution in [1.82, 2.24) is 10.2 Å². The quantitative estimate of drug-likeness (QED) is 0.827. The van der Waals surface area contributed by atoms with Gasteiger partial charge >= 0.3 is 0 Å². The lowest BCUT2D eigenvalue weighted by Gasteiger charge is -2.27. The molecule has 4 heteroatoms. The van der Waals surface area contributed by atoms with Gasteiger partial charge in [0, 0.05) is 19.6 Å². The van der Waals surface area contributed by atoms with Crippen molar-refractivity contribution in [2.45, 2.75) is 57.7 Å². The van der Waals surface area contributed by atoms with Crippen LogP contribution in [0.4, 0.5) is 0 Å². The van der Waals surface area contributed by atoms with Crippen LogP contribution < -0.4 is 5.32 Å². The van der Waals surface area contributed by atoms with Gasteiger partial charge in [-0.15, -0.1) is 0 Å². The minimum Gasteiger partial charge on any atom is -0.371 e. The highest BCUT2D eigenvalue weighted by molar-refractivity contribution is 5.78. The number of rotatable bonds is 4. The normalized spacial score (nSPS) is 27.4. The Balaban J connectivity index is 1.62. The number of likely N-dealkylation sites (tertiary alicyclic amines) is 1. The maximum absolute atomic E-state index is 11.9. The van der Waals surface area contributed by atoms with E-state index in [2.05, 4.69) is 19.2 Å². The molecule has 0 aromatic rings. The van der Waals surface area contributed by atoms with E-state index in [4.69, 9.17) is 4.74 Å². The Morgan fingerprint density at radius 1 is 1.33 bits per heavy atom. The van der Waals surface area contributed by atoms with E-state index in [-0.39, 0.29) is 17.6 Å². The van der Waals surface area contributed by atoms with Crippen molar-refractivity contribution in [1.29, 1.82) is 0 Å². The number of amides is 1. The zero-order valence-corrected chi connectivity index (χ0v) is 11.7. The molecule has 0 radical (unpaired) electrons. The van der Waals surface area contributed by atoms with Crippen molar-refractivity contribution in [3.8, 4) is 0 Å². The summed E-state index contributed by atoms with van der Waals surface area (Å²) in [6.45, 7) is 7.39. The van der Waals surface area contributed by atoms with Crippen LogP contribution in [0.3, 0.4) is 0 Å². The highest BCUT2D eigenvalue weighted by Crippen LogP contribution is 2.28. The first-order valence-corrected chi connectivity index (χ1v) is 7.23. The van der Waals surface area contributed by atoms with E-state index < -0.39 is 0 Å². The van der Waals surface area contributed by atoms with E-state index in [1.165, 1.54) is 6.42 Å². The molecule has 0 saturated carbocycles. The third kappa shape index (κ3) is 3.95. The predicted molar refractivity (Wildman–Crippen MR) is 71.5 cm³/mol. The van der Waals surface area contributed by atoms with Gasteiger partial charge in [-0.1, -0.05) is 0 Å². The summed E-state index contributed by atoms with van der Waals surface area (Å²) >= 11 is 0. The zero-order valence-electron chi connectivity index (χ0n) is 11.7. The number of nitrogens with one attached hydrogen (secondary N) is 1. The topological polar surface area (TPSA) is 41.6 Å². The minimum absolute atomic E-state index is 0.0171. The first kappa shape index (κ1) is 13.8. The SMILES string of the molecule is CC1(C)CCC(CNCC(=O)N2CCCCC2)O1. The lowest BCUT2D eigenvalue weighted by molar-refractivity contribution is -0.131. The summed E-state index contributed by atoms with van der Waals surface area (Å²) in [6, 6.07) is 0. The monoisotopic (exact) mass is 254 g/mol. The molecule has 0 aliphatic carbocycles. The minimum atomic E-state index is 0.0171. The lowest BCUT2D eigenvalue weighted by Crippen LogP contribution is -2.42. The molecule has 1 atom stereocenters. The van der Waals surface area contributed by atoms with Gasteiger partial charge in [-0.3, -0.25) is 4.79 Å². The maximum atomic E-state index is 11.9. The van der Waals surface area contributed by atoms with Crippen molar-refractivity contribution >= 4 is 5.91 Å². The number of carbonyl (C=O) groups is 1. The smallest absolute Gasteiger partial charge is 0.236 e. The van der Waals surface area contributed by atoms with Gasteiger partial charge in [-0.05, 0) is 46.0 Å². The van der Waals surface area contributed by atoms with Gasteiger partial charge in [0.15, 0.2) is 0 Å². The second-order valence-electron chi connectivity index (χ2n) is 6.11. The second-order valence-corrected chi connectivity index (χ2v) is 6.11. The van der Waals surface area contributed by atoms with Crippen molar-refractivity contribution in [3.05, 3.63) is 0 Å². The summed E-state index contributed by atoms with van der Waals surface area (Å²) in [5, 5.41) is 3.25. The van der Waals surface area contributed by atoms with Gasteiger partial charge in [-0.25, -0.2) is 0 Å². The van der Waals surface area contributed by atoms with E-state index in [9.17, 15) is 4.79 Å². The Labute approximate surface area is 110 Å². The predicted octanol–water partition coefficient (Wildman–Crippen LogP) is 1.55. The molecule has 2 fully saturated rings. The fraction of sp³-hybridized carbons (Fsp3) is 0.929. The molecule has 1 N–H and O–H groups in total. The number of nitrogens with zero attached hydrogens (tertiary/aromatic N) is 1. The van der Waals surface area contributed by atoms with Crippen LogP contribution in [0.5, 0.6) is 0 Å². The Morgan fingerprint density at radius 2 is 2.06 bits per heavy atom. The third-order valence-corrected chi connectivity index (χ3v) is 3.91. The number of hydrogen-bond acceptors (Lipinski definition) is 3. The van der Waals surface area contributed by atoms with Crippen molar-refractivity contribution in [2.24, 2.45) is 0 Å². The molecule has 2 aliphatic rings. The van der Waals surface area contributed by atoms with Crippen LogP contribution in [0, 0.1) is 0 Å². The number of carbonyl (C=O) groups excluding carboxylic acids is 1. The van der Waals surface area contributed by atoms with Crippen LogP contribution in [0.15, 0.2) is 0 Å². The first-order chi connectivity index (χ1) is 8.57. The highest BCUT2D eigenvalue weighted by Gasteiger charge is 2.31. The van der Waals surface area contributed by atoms with Crippen molar-refractivity contribution < 1.29 is 9.53 Å². The summed E-state index contributed by atoms with van der Waals surface area (Å²) in [7, 11) is 0. The molecule has 2 aliphatic heterocycles. The van der Waals surface area contributed by atoms with Crippen LogP contribution in [-0.2, 0) is 9.53 Å². The summed E-state index contributed by atoms with van der Waals surface area (Å²) in [6.07, 6.45) is 6.06. The molecule has 0 aromatic carbocycles. The lowest BCUT2D eigenvalue weighted by atomic mass is 10.1. The second kappa shape index (κ2) is 6.02. The van der Waals surface area contributed by atoms with Crippen molar-refractivity contribution in [3.63, 3.8) is 0 Å². The van der Waals surface area contributed by atoms with Gasteiger partial charge in [-0.2, -0.15) is 0 Å². The molecule has 2 saturated heterocycles. The molecule has 2 heterocycles. The Hall–Kier alpha value is -0.610. The Kier molecular flexibility index (Phi) is 4.62. The van der Waals surface area contributed by atoms with Gasteiger partial charge < -0.3 is 15.0 Å². The summed E-state index contributed by atoms with van der Waals surface area (Å²) in [4.78, 5) is 13.9. The Bertz CT molecular complexity index is 286. The van der Waals surface area contributed by atoms with E-state index in [0.29, 0.717) is 6.54 Å². The first-order valence-electron chi connectivity index (χ1n) is 7.23. The Morgan fingerprint density at radius 3 is 2.67 bits per heavy atom. The molecule has 1 unspecified atom stereocenters. The van der Waals surface area contributed by atoms with E-state index in [1.807, 2.05) is 4.90 Å². The van der Waals surface area contributed by atoms with Gasteiger partial charge in [0.1, 0.15) is 0 Å².